The largest absolute Gasteiger partial charge is 0.496 e. The van der Waals surface area contributed by atoms with Crippen LogP contribution in [0.4, 0.5) is 9.18 Å². The van der Waals surface area contributed by atoms with Crippen molar-refractivity contribution in [2.45, 2.75) is 6.04 Å². The molecular weight excluding hydrogens is 385 g/mol. The van der Waals surface area contributed by atoms with E-state index in [2.05, 4.69) is 0 Å². The van der Waals surface area contributed by atoms with Gasteiger partial charge < -0.3 is 19.4 Å². The minimum absolute atomic E-state index is 0.0503. The van der Waals surface area contributed by atoms with Gasteiger partial charge in [-0.25, -0.2) is 9.18 Å². The number of carbonyl (C=O) groups excluding carboxylic acids is 2. The van der Waals surface area contributed by atoms with Gasteiger partial charge in [-0.2, -0.15) is 0 Å². The second-order valence-corrected chi connectivity index (χ2v) is 8.16. The number of ether oxygens (including phenoxy) is 1. The molecule has 2 heterocycles. The highest BCUT2D eigenvalue weighted by Crippen LogP contribution is 2.45. The molecule has 3 amide bonds. The number of para-hydroxylation sites is 1. The van der Waals surface area contributed by atoms with Crippen molar-refractivity contribution in [2.75, 3.05) is 40.8 Å². The zero-order valence-corrected chi connectivity index (χ0v) is 17.4. The number of hydrogen-bond acceptors (Lipinski definition) is 3. The molecule has 6 nitrogen and oxygen atoms in total. The number of benzene rings is 2. The quantitative estimate of drug-likeness (QED) is 0.779. The Morgan fingerprint density at radius 1 is 1.07 bits per heavy atom. The highest BCUT2D eigenvalue weighted by atomic mass is 19.1. The van der Waals surface area contributed by atoms with Crippen molar-refractivity contribution in [1.82, 2.24) is 14.7 Å². The Bertz CT molecular complexity index is 964. The smallest absolute Gasteiger partial charge is 0.320 e. The van der Waals surface area contributed by atoms with E-state index in [0.29, 0.717) is 30.9 Å². The van der Waals surface area contributed by atoms with Gasteiger partial charge in [0.05, 0.1) is 18.7 Å². The predicted molar refractivity (Wildman–Crippen MR) is 111 cm³/mol. The van der Waals surface area contributed by atoms with E-state index in [0.717, 1.165) is 5.56 Å². The average Bonchev–Trinajstić information content (AvgIpc) is 3.30. The fraction of sp³-hybridized carbons (Fsp3) is 0.391. The molecule has 2 aromatic carbocycles. The summed E-state index contributed by atoms with van der Waals surface area (Å²) in [7, 11) is 4.99. The van der Waals surface area contributed by atoms with E-state index >= 15 is 0 Å². The molecule has 2 aliphatic heterocycles. The van der Waals surface area contributed by atoms with Crippen molar-refractivity contribution in [2.24, 2.45) is 11.8 Å². The van der Waals surface area contributed by atoms with Crippen molar-refractivity contribution < 1.29 is 18.7 Å². The second kappa shape index (κ2) is 7.97. The number of urea groups is 1. The normalized spacial score (nSPS) is 22.7. The molecule has 0 bridgehead atoms. The monoisotopic (exact) mass is 411 g/mol. The summed E-state index contributed by atoms with van der Waals surface area (Å²) in [5, 5.41) is 0. The fourth-order valence-corrected chi connectivity index (χ4v) is 4.77. The molecule has 7 heteroatoms. The molecule has 4 rings (SSSR count). The first kappa shape index (κ1) is 20.2. The van der Waals surface area contributed by atoms with Gasteiger partial charge in [-0.15, -0.1) is 0 Å². The summed E-state index contributed by atoms with van der Waals surface area (Å²) in [6, 6.07) is 13.3. The molecule has 2 fully saturated rings. The summed E-state index contributed by atoms with van der Waals surface area (Å²) >= 11 is 0. The molecule has 0 aromatic heterocycles. The Hall–Kier alpha value is -3.09. The number of fused-ring (bicyclic) bond motifs is 1. The number of likely N-dealkylation sites (tertiary alicyclic amines) is 2. The molecule has 2 aromatic rings. The molecule has 0 spiro atoms. The van der Waals surface area contributed by atoms with Crippen LogP contribution in [0.2, 0.25) is 0 Å². The first-order valence-corrected chi connectivity index (χ1v) is 10.1. The first-order chi connectivity index (χ1) is 14.4. The Labute approximate surface area is 175 Å². The Balaban J connectivity index is 1.63. The maximum atomic E-state index is 14.0. The zero-order chi connectivity index (χ0) is 21.4. The van der Waals surface area contributed by atoms with Gasteiger partial charge in [0.25, 0.3) is 5.91 Å². The van der Waals surface area contributed by atoms with Gasteiger partial charge in [0.2, 0.25) is 0 Å². The molecular formula is C23H26FN3O3. The number of halogens is 1. The van der Waals surface area contributed by atoms with E-state index in [1.165, 1.54) is 12.1 Å². The molecule has 0 N–H and O–H groups in total. The number of rotatable bonds is 3. The molecule has 2 saturated heterocycles. The summed E-state index contributed by atoms with van der Waals surface area (Å²) in [6.45, 7) is 1.61. The predicted octanol–water partition coefficient (Wildman–Crippen LogP) is 3.26. The SMILES string of the molecule is COc1ccccc1C(=O)N1C[C@@H]2CN(C(=O)N(C)C)[C@@H](c3cccc(F)c3)[C@@H]2C1. The minimum atomic E-state index is -0.326. The Morgan fingerprint density at radius 3 is 2.53 bits per heavy atom. The molecule has 2 aliphatic rings. The lowest BCUT2D eigenvalue weighted by Gasteiger charge is -2.32. The van der Waals surface area contributed by atoms with Crippen LogP contribution in [0.25, 0.3) is 0 Å². The van der Waals surface area contributed by atoms with E-state index in [-0.39, 0.29) is 35.6 Å². The van der Waals surface area contributed by atoms with Crippen LogP contribution in [0.3, 0.4) is 0 Å². The van der Waals surface area contributed by atoms with Crippen molar-refractivity contribution in [3.8, 4) is 5.75 Å². The zero-order valence-electron chi connectivity index (χ0n) is 17.4. The summed E-state index contributed by atoms with van der Waals surface area (Å²) in [6.07, 6.45) is 0. The third kappa shape index (κ3) is 3.49. The van der Waals surface area contributed by atoms with Crippen LogP contribution >= 0.6 is 0 Å². The number of amides is 3. The molecule has 3 atom stereocenters. The maximum absolute atomic E-state index is 14.0. The van der Waals surface area contributed by atoms with Crippen molar-refractivity contribution in [3.05, 3.63) is 65.5 Å². The molecule has 0 aliphatic carbocycles. The average molecular weight is 411 g/mol. The van der Waals surface area contributed by atoms with Crippen LogP contribution in [0.5, 0.6) is 5.75 Å². The van der Waals surface area contributed by atoms with E-state index in [1.807, 2.05) is 28.0 Å². The van der Waals surface area contributed by atoms with Gasteiger partial charge in [-0.1, -0.05) is 24.3 Å². The lowest BCUT2D eigenvalue weighted by molar-refractivity contribution is 0.0763. The van der Waals surface area contributed by atoms with Gasteiger partial charge in [-0.05, 0) is 29.8 Å². The van der Waals surface area contributed by atoms with Crippen LogP contribution < -0.4 is 4.74 Å². The van der Waals surface area contributed by atoms with Crippen molar-refractivity contribution >= 4 is 11.9 Å². The van der Waals surface area contributed by atoms with Gasteiger partial charge in [-0.3, -0.25) is 4.79 Å². The third-order valence-corrected chi connectivity index (χ3v) is 6.11. The highest BCUT2D eigenvalue weighted by Gasteiger charge is 2.50. The second-order valence-electron chi connectivity index (χ2n) is 8.16. The maximum Gasteiger partial charge on any atom is 0.320 e. The van der Waals surface area contributed by atoms with Gasteiger partial charge in [0.1, 0.15) is 11.6 Å². The van der Waals surface area contributed by atoms with Gasteiger partial charge in [0.15, 0.2) is 0 Å². The minimum Gasteiger partial charge on any atom is -0.496 e. The van der Waals surface area contributed by atoms with Crippen LogP contribution in [0, 0.1) is 17.7 Å². The van der Waals surface area contributed by atoms with Gasteiger partial charge >= 0.3 is 6.03 Å². The summed E-state index contributed by atoms with van der Waals surface area (Å²) in [5.41, 5.74) is 1.30. The van der Waals surface area contributed by atoms with E-state index < -0.39 is 0 Å². The molecule has 0 radical (unpaired) electrons. The van der Waals surface area contributed by atoms with Crippen LogP contribution in [0.1, 0.15) is 22.0 Å². The number of methoxy groups -OCH3 is 1. The Kier molecular flexibility index (Phi) is 5.37. The van der Waals surface area contributed by atoms with Crippen LogP contribution in [0.15, 0.2) is 48.5 Å². The lowest BCUT2D eigenvalue weighted by atomic mass is 9.89. The molecule has 158 valence electrons. The summed E-state index contributed by atoms with van der Waals surface area (Å²) in [5.74, 6) is 0.333. The number of hydrogen-bond donors (Lipinski definition) is 0. The molecule has 0 saturated carbocycles. The molecule has 0 unspecified atom stereocenters. The van der Waals surface area contributed by atoms with Crippen LogP contribution in [-0.4, -0.2) is 67.5 Å². The standard InChI is InChI=1S/C23H26FN3O3/c1-25(2)23(29)27-13-16-12-26(22(28)18-9-4-5-10-20(18)30-3)14-19(16)21(27)15-7-6-8-17(24)11-15/h4-11,16,19,21H,12-14H2,1-3H3/t16-,19-,21+/m1/s1. The van der Waals surface area contributed by atoms with Gasteiger partial charge in [0, 0.05) is 45.6 Å². The summed E-state index contributed by atoms with van der Waals surface area (Å²) < 4.78 is 19.3. The lowest BCUT2D eigenvalue weighted by Crippen LogP contribution is -2.42. The van der Waals surface area contributed by atoms with E-state index in [4.69, 9.17) is 4.74 Å². The number of nitrogens with zero attached hydrogens (tertiary/aromatic N) is 3. The van der Waals surface area contributed by atoms with Crippen molar-refractivity contribution in [3.63, 3.8) is 0 Å². The molecule has 30 heavy (non-hydrogen) atoms. The Morgan fingerprint density at radius 2 is 1.83 bits per heavy atom. The first-order valence-electron chi connectivity index (χ1n) is 10.1. The van der Waals surface area contributed by atoms with Crippen LogP contribution in [-0.2, 0) is 0 Å². The third-order valence-electron chi connectivity index (χ3n) is 6.11. The summed E-state index contributed by atoms with van der Waals surface area (Å²) in [4.78, 5) is 31.2. The van der Waals surface area contributed by atoms with Crippen molar-refractivity contribution in [1.29, 1.82) is 0 Å². The van der Waals surface area contributed by atoms with E-state index in [1.54, 1.807) is 44.3 Å². The van der Waals surface area contributed by atoms with E-state index in [9.17, 15) is 14.0 Å². The topological polar surface area (TPSA) is 53.1 Å². The number of carbonyl (C=O) groups is 2. The highest BCUT2D eigenvalue weighted by molar-refractivity contribution is 5.97. The fourth-order valence-electron chi connectivity index (χ4n) is 4.77.